The molecule has 3 nitrogen and oxygen atoms in total. The normalized spacial score (nSPS) is 13.3. The summed E-state index contributed by atoms with van der Waals surface area (Å²) in [6.45, 7) is 0.436. The van der Waals surface area contributed by atoms with Crippen molar-refractivity contribution in [2.75, 3.05) is 5.33 Å². The van der Waals surface area contributed by atoms with Gasteiger partial charge in [-0.05, 0) is 12.1 Å². The summed E-state index contributed by atoms with van der Waals surface area (Å²) in [6.07, 6.45) is 1.60. The SMILES string of the molecule is Br/C=C/OCc1nc2ccccc2n1C(Br)CBr. The molecule has 0 spiro atoms. The van der Waals surface area contributed by atoms with Gasteiger partial charge in [-0.25, -0.2) is 4.98 Å². The molecule has 0 fully saturated rings. The minimum atomic E-state index is 0.149. The van der Waals surface area contributed by atoms with Gasteiger partial charge in [0.15, 0.2) is 0 Å². The first-order valence-electron chi connectivity index (χ1n) is 5.30. The van der Waals surface area contributed by atoms with Crippen molar-refractivity contribution in [1.29, 1.82) is 0 Å². The second-order valence-corrected chi connectivity index (χ2v) is 5.78. The number of ether oxygens (including phenoxy) is 1. The maximum atomic E-state index is 5.39. The van der Waals surface area contributed by atoms with E-state index in [1.807, 2.05) is 18.2 Å². The highest BCUT2D eigenvalue weighted by Gasteiger charge is 2.15. The summed E-state index contributed by atoms with van der Waals surface area (Å²) in [6, 6.07) is 8.06. The van der Waals surface area contributed by atoms with Gasteiger partial charge in [0, 0.05) is 10.3 Å². The molecule has 0 saturated heterocycles. The highest BCUT2D eigenvalue weighted by molar-refractivity contribution is 9.12. The summed E-state index contributed by atoms with van der Waals surface area (Å²) in [5, 5.41) is 0.800. The average Bonchev–Trinajstić information content (AvgIpc) is 2.76. The lowest BCUT2D eigenvalue weighted by Gasteiger charge is -2.13. The molecule has 1 heterocycles. The molecule has 0 aliphatic rings. The van der Waals surface area contributed by atoms with Crippen LogP contribution in [0.3, 0.4) is 0 Å². The zero-order valence-electron chi connectivity index (χ0n) is 9.39. The predicted octanol–water partition coefficient (Wildman–Crippen LogP) is 4.71. The van der Waals surface area contributed by atoms with Crippen LogP contribution in [0.4, 0.5) is 0 Å². The summed E-state index contributed by atoms with van der Waals surface area (Å²) in [4.78, 5) is 6.42. The lowest BCUT2D eigenvalue weighted by molar-refractivity contribution is 0.225. The maximum Gasteiger partial charge on any atom is 0.148 e. The van der Waals surface area contributed by atoms with E-state index in [1.165, 1.54) is 0 Å². The van der Waals surface area contributed by atoms with E-state index in [0.717, 1.165) is 22.2 Å². The first-order valence-corrected chi connectivity index (χ1v) is 8.26. The quantitative estimate of drug-likeness (QED) is 0.499. The number of aromatic nitrogens is 2. The molecule has 0 aliphatic carbocycles. The molecule has 1 aromatic carbocycles. The van der Waals surface area contributed by atoms with Crippen molar-refractivity contribution < 1.29 is 4.74 Å². The average molecular weight is 439 g/mol. The molecular weight excluding hydrogens is 428 g/mol. The number of halogens is 3. The third kappa shape index (κ3) is 2.97. The topological polar surface area (TPSA) is 27.1 Å². The van der Waals surface area contributed by atoms with Crippen molar-refractivity contribution in [3.63, 3.8) is 0 Å². The molecular formula is C12H11Br3N2O. The Labute approximate surface area is 131 Å². The number of para-hydroxylation sites is 2. The van der Waals surface area contributed by atoms with Crippen LogP contribution in [0.1, 0.15) is 10.8 Å². The van der Waals surface area contributed by atoms with E-state index in [4.69, 9.17) is 4.74 Å². The van der Waals surface area contributed by atoms with Crippen molar-refractivity contribution in [3.05, 3.63) is 41.3 Å². The standard InChI is InChI=1S/C12H11Br3N2O/c13-5-6-18-8-12-16-9-3-1-2-4-10(9)17(12)11(15)7-14/h1-6,11H,7-8H2/b6-5+. The van der Waals surface area contributed by atoms with Gasteiger partial charge in [0.05, 0.1) is 17.3 Å². The molecule has 0 radical (unpaired) electrons. The number of imidazole rings is 1. The van der Waals surface area contributed by atoms with Crippen molar-refractivity contribution in [2.45, 2.75) is 11.6 Å². The van der Waals surface area contributed by atoms with E-state index >= 15 is 0 Å². The Morgan fingerprint density at radius 2 is 2.17 bits per heavy atom. The number of hydrogen-bond donors (Lipinski definition) is 0. The molecule has 1 unspecified atom stereocenters. The fourth-order valence-electron chi connectivity index (χ4n) is 1.74. The van der Waals surface area contributed by atoms with Gasteiger partial charge in [-0.2, -0.15) is 0 Å². The minimum absolute atomic E-state index is 0.149. The highest BCUT2D eigenvalue weighted by atomic mass is 79.9. The van der Waals surface area contributed by atoms with Crippen LogP contribution in [0.15, 0.2) is 35.5 Å². The van der Waals surface area contributed by atoms with Crippen LogP contribution in [-0.4, -0.2) is 14.9 Å². The third-order valence-corrected chi connectivity index (χ3v) is 4.87. The van der Waals surface area contributed by atoms with Crippen LogP contribution in [0.5, 0.6) is 0 Å². The van der Waals surface area contributed by atoms with E-state index in [9.17, 15) is 0 Å². The number of fused-ring (bicyclic) bond motifs is 1. The van der Waals surface area contributed by atoms with Crippen LogP contribution < -0.4 is 0 Å². The summed E-state index contributed by atoms with van der Waals surface area (Å²) in [7, 11) is 0. The molecule has 6 heteroatoms. The van der Waals surface area contributed by atoms with Crippen LogP contribution in [0, 0.1) is 0 Å². The number of rotatable bonds is 5. The number of benzene rings is 1. The molecule has 1 aromatic heterocycles. The fraction of sp³-hybridized carbons (Fsp3) is 0.250. The van der Waals surface area contributed by atoms with Crippen molar-refractivity contribution in [3.8, 4) is 0 Å². The summed E-state index contributed by atoms with van der Waals surface area (Å²) in [5.41, 5.74) is 2.07. The smallest absolute Gasteiger partial charge is 0.148 e. The van der Waals surface area contributed by atoms with Crippen molar-refractivity contribution in [1.82, 2.24) is 9.55 Å². The summed E-state index contributed by atoms with van der Waals surface area (Å²) in [5.74, 6) is 0.892. The van der Waals surface area contributed by atoms with Crippen molar-refractivity contribution in [2.24, 2.45) is 0 Å². The fourth-order valence-corrected chi connectivity index (χ4v) is 2.64. The van der Waals surface area contributed by atoms with Gasteiger partial charge in [0.1, 0.15) is 17.4 Å². The number of nitrogens with zero attached hydrogens (tertiary/aromatic N) is 2. The van der Waals surface area contributed by atoms with Gasteiger partial charge < -0.3 is 9.30 Å². The predicted molar refractivity (Wildman–Crippen MR) is 84.3 cm³/mol. The first-order chi connectivity index (χ1) is 8.77. The largest absolute Gasteiger partial charge is 0.493 e. The Balaban J connectivity index is 2.43. The van der Waals surface area contributed by atoms with E-state index in [0.29, 0.717) is 6.61 Å². The van der Waals surface area contributed by atoms with Crippen LogP contribution >= 0.6 is 47.8 Å². The zero-order valence-corrected chi connectivity index (χ0v) is 14.2. The molecule has 1 atom stereocenters. The summed E-state index contributed by atoms with van der Waals surface area (Å²) < 4.78 is 7.52. The Bertz CT molecular complexity index is 553. The summed E-state index contributed by atoms with van der Waals surface area (Å²) >= 11 is 10.3. The van der Waals surface area contributed by atoms with Crippen LogP contribution in [0.2, 0.25) is 0 Å². The Kier molecular flexibility index (Phi) is 5.26. The monoisotopic (exact) mass is 436 g/mol. The molecule has 0 amide bonds. The lowest BCUT2D eigenvalue weighted by Crippen LogP contribution is -2.08. The molecule has 0 aliphatic heterocycles. The number of alkyl halides is 2. The molecule has 96 valence electrons. The van der Waals surface area contributed by atoms with E-state index < -0.39 is 0 Å². The first kappa shape index (κ1) is 14.1. The Morgan fingerprint density at radius 1 is 1.39 bits per heavy atom. The van der Waals surface area contributed by atoms with Gasteiger partial charge in [-0.1, -0.05) is 59.9 Å². The lowest BCUT2D eigenvalue weighted by atomic mass is 10.3. The second kappa shape index (κ2) is 6.73. The van der Waals surface area contributed by atoms with Crippen molar-refractivity contribution >= 4 is 58.8 Å². The zero-order chi connectivity index (χ0) is 13.0. The van der Waals surface area contributed by atoms with E-state index in [1.54, 1.807) is 11.2 Å². The van der Waals surface area contributed by atoms with E-state index in [2.05, 4.69) is 63.4 Å². The van der Waals surface area contributed by atoms with Gasteiger partial charge in [0.25, 0.3) is 0 Å². The Morgan fingerprint density at radius 3 is 2.89 bits per heavy atom. The van der Waals surface area contributed by atoms with Gasteiger partial charge in [-0.15, -0.1) is 0 Å². The molecule has 0 N–H and O–H groups in total. The highest BCUT2D eigenvalue weighted by Crippen LogP contribution is 2.26. The maximum absolute atomic E-state index is 5.39. The van der Waals surface area contributed by atoms with Crippen LogP contribution in [0.25, 0.3) is 11.0 Å². The molecule has 2 rings (SSSR count). The van der Waals surface area contributed by atoms with E-state index in [-0.39, 0.29) is 4.95 Å². The van der Waals surface area contributed by atoms with Gasteiger partial charge in [0.2, 0.25) is 0 Å². The third-order valence-electron chi connectivity index (χ3n) is 2.44. The molecule has 0 bridgehead atoms. The van der Waals surface area contributed by atoms with Crippen LogP contribution in [-0.2, 0) is 11.3 Å². The Hall–Kier alpha value is -0.330. The molecule has 2 aromatic rings. The molecule has 0 saturated carbocycles. The second-order valence-electron chi connectivity index (χ2n) is 3.55. The van der Waals surface area contributed by atoms with Gasteiger partial charge >= 0.3 is 0 Å². The molecule has 18 heavy (non-hydrogen) atoms. The number of hydrogen-bond acceptors (Lipinski definition) is 2. The van der Waals surface area contributed by atoms with Gasteiger partial charge in [-0.3, -0.25) is 0 Å². The minimum Gasteiger partial charge on any atom is -0.493 e.